The molecule has 0 amide bonds. The highest BCUT2D eigenvalue weighted by atomic mass is 16.5. The molecular weight excluding hydrogens is 322 g/mol. The predicted octanol–water partition coefficient (Wildman–Crippen LogP) is 1.23. The van der Waals surface area contributed by atoms with Crippen LogP contribution in [0.3, 0.4) is 0 Å². The highest BCUT2D eigenvalue weighted by Gasteiger charge is 2.11. The Hall–Kier alpha value is -3.62. The van der Waals surface area contributed by atoms with Crippen molar-refractivity contribution >= 4 is 0 Å². The topological polar surface area (TPSA) is 105 Å². The molecule has 0 atom stereocenters. The van der Waals surface area contributed by atoms with Gasteiger partial charge in [0.15, 0.2) is 11.6 Å². The molecule has 9 heteroatoms. The zero-order valence-electron chi connectivity index (χ0n) is 13.3. The fourth-order valence-electron chi connectivity index (χ4n) is 2.27. The largest absolute Gasteiger partial charge is 0.334 e. The molecule has 0 bridgehead atoms. The Balaban J connectivity index is 1.61. The monoisotopic (exact) mass is 335 g/mol. The van der Waals surface area contributed by atoms with E-state index in [2.05, 4.69) is 25.3 Å². The fourth-order valence-corrected chi connectivity index (χ4v) is 2.27. The summed E-state index contributed by atoms with van der Waals surface area (Å²) in [7, 11) is 0. The Bertz CT molecular complexity index is 1050. The maximum Gasteiger partial charge on any atom is 0.267 e. The Kier molecular flexibility index (Phi) is 3.65. The van der Waals surface area contributed by atoms with Crippen molar-refractivity contribution in [1.82, 2.24) is 34.7 Å². The lowest BCUT2D eigenvalue weighted by Crippen LogP contribution is -2.24. The molecule has 1 aromatic carbocycles. The minimum Gasteiger partial charge on any atom is -0.334 e. The normalized spacial score (nSPS) is 10.9. The van der Waals surface area contributed by atoms with E-state index >= 15 is 0 Å². The van der Waals surface area contributed by atoms with E-state index in [1.54, 1.807) is 6.07 Å². The van der Waals surface area contributed by atoms with Crippen molar-refractivity contribution in [3.63, 3.8) is 0 Å². The minimum absolute atomic E-state index is 0.0940. The summed E-state index contributed by atoms with van der Waals surface area (Å²) in [6.45, 7) is 2.10. The average Bonchev–Trinajstić information content (AvgIpc) is 3.29. The summed E-state index contributed by atoms with van der Waals surface area (Å²) in [5, 5.41) is 12.2. The van der Waals surface area contributed by atoms with Gasteiger partial charge in [0.05, 0.1) is 0 Å². The van der Waals surface area contributed by atoms with Crippen molar-refractivity contribution in [1.29, 1.82) is 0 Å². The molecule has 0 aliphatic rings. The standard InChI is InChI=1S/C16H13N7O2/c1-11-2-4-12(5-3-11)16-19-13(21-25-16)8-22-15(24)7-6-14(20-22)23-10-17-9-18-23/h2-7,9-10H,8H2,1H3. The van der Waals surface area contributed by atoms with Crippen molar-refractivity contribution in [2.24, 2.45) is 0 Å². The molecule has 25 heavy (non-hydrogen) atoms. The summed E-state index contributed by atoms with van der Waals surface area (Å²) in [5.74, 6) is 1.23. The zero-order chi connectivity index (χ0) is 17.2. The maximum absolute atomic E-state index is 12.0. The Labute approximate surface area is 141 Å². The number of hydrogen-bond acceptors (Lipinski definition) is 7. The molecule has 0 aliphatic heterocycles. The molecule has 3 aromatic heterocycles. The second kappa shape index (κ2) is 6.11. The third kappa shape index (κ3) is 3.07. The molecular formula is C16H13N7O2. The molecule has 0 radical (unpaired) electrons. The first-order valence-electron chi connectivity index (χ1n) is 7.52. The molecule has 124 valence electrons. The maximum atomic E-state index is 12.0. The second-order valence-electron chi connectivity index (χ2n) is 5.41. The van der Waals surface area contributed by atoms with E-state index in [-0.39, 0.29) is 12.1 Å². The van der Waals surface area contributed by atoms with Crippen LogP contribution in [0.1, 0.15) is 11.4 Å². The van der Waals surface area contributed by atoms with E-state index in [9.17, 15) is 4.79 Å². The van der Waals surface area contributed by atoms with Crippen molar-refractivity contribution < 1.29 is 4.52 Å². The van der Waals surface area contributed by atoms with E-state index in [0.29, 0.717) is 17.5 Å². The number of rotatable bonds is 4. The molecule has 0 saturated heterocycles. The first-order valence-corrected chi connectivity index (χ1v) is 7.52. The summed E-state index contributed by atoms with van der Waals surface area (Å²) in [6, 6.07) is 10.7. The quantitative estimate of drug-likeness (QED) is 0.552. The van der Waals surface area contributed by atoms with Crippen LogP contribution in [-0.4, -0.2) is 34.7 Å². The van der Waals surface area contributed by atoms with Gasteiger partial charge in [-0.05, 0) is 25.1 Å². The van der Waals surface area contributed by atoms with Gasteiger partial charge in [-0.1, -0.05) is 22.9 Å². The van der Waals surface area contributed by atoms with Crippen LogP contribution in [-0.2, 0) is 6.54 Å². The molecule has 0 fully saturated rings. The van der Waals surface area contributed by atoms with Gasteiger partial charge < -0.3 is 4.52 Å². The predicted molar refractivity (Wildman–Crippen MR) is 87.0 cm³/mol. The lowest BCUT2D eigenvalue weighted by molar-refractivity contribution is 0.417. The van der Waals surface area contributed by atoms with Gasteiger partial charge in [0, 0.05) is 11.6 Å². The Morgan fingerprint density at radius 3 is 2.72 bits per heavy atom. The molecule has 3 heterocycles. The Morgan fingerprint density at radius 2 is 1.96 bits per heavy atom. The van der Waals surface area contributed by atoms with E-state index in [0.717, 1.165) is 11.1 Å². The highest BCUT2D eigenvalue weighted by molar-refractivity contribution is 5.53. The number of benzene rings is 1. The van der Waals surface area contributed by atoms with Crippen LogP contribution in [0.5, 0.6) is 0 Å². The fraction of sp³-hybridized carbons (Fsp3) is 0.125. The van der Waals surface area contributed by atoms with Gasteiger partial charge >= 0.3 is 0 Å². The van der Waals surface area contributed by atoms with Crippen molar-refractivity contribution in [3.8, 4) is 17.3 Å². The van der Waals surface area contributed by atoms with Gasteiger partial charge in [-0.3, -0.25) is 4.79 Å². The van der Waals surface area contributed by atoms with Crippen molar-refractivity contribution in [2.45, 2.75) is 13.5 Å². The van der Waals surface area contributed by atoms with Crippen molar-refractivity contribution in [2.75, 3.05) is 0 Å². The van der Waals surface area contributed by atoms with Crippen molar-refractivity contribution in [3.05, 3.63) is 70.8 Å². The molecule has 0 unspecified atom stereocenters. The molecule has 0 N–H and O–H groups in total. The number of aromatic nitrogens is 7. The van der Waals surface area contributed by atoms with E-state index in [1.165, 1.54) is 28.1 Å². The first-order chi connectivity index (χ1) is 12.2. The van der Waals surface area contributed by atoms with Crippen LogP contribution >= 0.6 is 0 Å². The summed E-state index contributed by atoms with van der Waals surface area (Å²) >= 11 is 0. The molecule has 0 spiro atoms. The van der Waals surface area contributed by atoms with Crippen LogP contribution in [0, 0.1) is 6.92 Å². The summed E-state index contributed by atoms with van der Waals surface area (Å²) in [6.07, 6.45) is 2.89. The SMILES string of the molecule is Cc1ccc(-c2nc(Cn3nc(-n4cncn4)ccc3=O)no2)cc1. The minimum atomic E-state index is -0.273. The lowest BCUT2D eigenvalue weighted by atomic mass is 10.1. The molecule has 9 nitrogen and oxygen atoms in total. The molecule has 4 rings (SSSR count). The average molecular weight is 335 g/mol. The van der Waals surface area contributed by atoms with E-state index in [1.807, 2.05) is 31.2 Å². The van der Waals surface area contributed by atoms with Gasteiger partial charge in [0.25, 0.3) is 11.4 Å². The van der Waals surface area contributed by atoms with Crippen LogP contribution in [0.2, 0.25) is 0 Å². The van der Waals surface area contributed by atoms with Gasteiger partial charge in [0.1, 0.15) is 19.2 Å². The lowest BCUT2D eigenvalue weighted by Gasteiger charge is -2.03. The van der Waals surface area contributed by atoms with E-state index in [4.69, 9.17) is 4.52 Å². The summed E-state index contributed by atoms with van der Waals surface area (Å²) in [5.41, 5.74) is 1.69. The van der Waals surface area contributed by atoms with Gasteiger partial charge in [-0.2, -0.15) is 10.1 Å². The smallest absolute Gasteiger partial charge is 0.267 e. The molecule has 4 aromatic rings. The number of nitrogens with zero attached hydrogens (tertiary/aromatic N) is 7. The third-order valence-corrected chi connectivity index (χ3v) is 3.56. The van der Waals surface area contributed by atoms with Crippen LogP contribution in [0.15, 0.2) is 58.4 Å². The number of hydrogen-bond donors (Lipinski definition) is 0. The van der Waals surface area contributed by atoms with Gasteiger partial charge in [0.2, 0.25) is 0 Å². The number of aryl methyl sites for hydroxylation is 1. The van der Waals surface area contributed by atoms with Gasteiger partial charge in [-0.25, -0.2) is 14.3 Å². The third-order valence-electron chi connectivity index (χ3n) is 3.56. The zero-order valence-corrected chi connectivity index (χ0v) is 13.3. The molecule has 0 aliphatic carbocycles. The van der Waals surface area contributed by atoms with Crippen LogP contribution in [0.4, 0.5) is 0 Å². The first kappa shape index (κ1) is 14.9. The second-order valence-corrected chi connectivity index (χ2v) is 5.41. The summed E-state index contributed by atoms with van der Waals surface area (Å²) < 4.78 is 7.99. The van der Waals surface area contributed by atoms with E-state index < -0.39 is 0 Å². The Morgan fingerprint density at radius 1 is 1.12 bits per heavy atom. The van der Waals surface area contributed by atoms with Gasteiger partial charge in [-0.15, -0.1) is 5.10 Å². The highest BCUT2D eigenvalue weighted by Crippen LogP contribution is 2.17. The van der Waals surface area contributed by atoms with Crippen LogP contribution < -0.4 is 5.56 Å². The summed E-state index contributed by atoms with van der Waals surface area (Å²) in [4.78, 5) is 20.2. The van der Waals surface area contributed by atoms with Crippen LogP contribution in [0.25, 0.3) is 17.3 Å². The molecule has 0 saturated carbocycles.